The molecule has 0 saturated heterocycles. The van der Waals surface area contributed by atoms with Crippen LogP contribution in [-0.4, -0.2) is 47.1 Å². The van der Waals surface area contributed by atoms with Gasteiger partial charge >= 0.3 is 0 Å². The molecule has 7 nitrogen and oxygen atoms in total. The number of aliphatic hydroxyl groups is 1. The van der Waals surface area contributed by atoms with Crippen molar-refractivity contribution in [3.8, 4) is 5.75 Å². The summed E-state index contributed by atoms with van der Waals surface area (Å²) in [5, 5.41) is 23.5. The fourth-order valence-electron chi connectivity index (χ4n) is 3.02. The quantitative estimate of drug-likeness (QED) is 0.183. The minimum Gasteiger partial charge on any atom is -0.491 e. The third-order valence-corrected chi connectivity index (χ3v) is 4.62. The van der Waals surface area contributed by atoms with Crippen molar-refractivity contribution in [1.82, 2.24) is 20.4 Å². The SMILES string of the molecule is CCNC(=NCC(C)(O)c1cnn(C)c1)NCCOc1cccc2ccccc12.I. The number of aromatic nitrogens is 2. The molecule has 0 aliphatic heterocycles. The summed E-state index contributed by atoms with van der Waals surface area (Å²) in [6.07, 6.45) is 3.46. The number of ether oxygens (including phenoxy) is 1. The molecular formula is C22H30IN5O2. The maximum absolute atomic E-state index is 10.7. The fraction of sp³-hybridized carbons (Fsp3) is 0.364. The molecule has 1 heterocycles. The summed E-state index contributed by atoms with van der Waals surface area (Å²) < 4.78 is 7.63. The van der Waals surface area contributed by atoms with Gasteiger partial charge in [0.25, 0.3) is 0 Å². The molecule has 0 fully saturated rings. The van der Waals surface area contributed by atoms with Crippen LogP contribution in [0.5, 0.6) is 5.75 Å². The number of rotatable bonds is 8. The van der Waals surface area contributed by atoms with Gasteiger partial charge in [0.15, 0.2) is 5.96 Å². The van der Waals surface area contributed by atoms with Crippen LogP contribution in [0.1, 0.15) is 19.4 Å². The smallest absolute Gasteiger partial charge is 0.191 e. The molecule has 8 heteroatoms. The van der Waals surface area contributed by atoms with Gasteiger partial charge in [0.05, 0.1) is 19.3 Å². The number of nitrogens with one attached hydrogen (secondary N) is 2. The second-order valence-electron chi connectivity index (χ2n) is 7.12. The van der Waals surface area contributed by atoms with Gasteiger partial charge in [0, 0.05) is 30.7 Å². The molecule has 3 rings (SSSR count). The zero-order chi connectivity index (χ0) is 20.7. The Labute approximate surface area is 194 Å². The van der Waals surface area contributed by atoms with Crippen molar-refractivity contribution >= 4 is 40.7 Å². The summed E-state index contributed by atoms with van der Waals surface area (Å²) >= 11 is 0. The van der Waals surface area contributed by atoms with Crippen molar-refractivity contribution in [3.63, 3.8) is 0 Å². The average Bonchev–Trinajstić information content (AvgIpc) is 3.17. The van der Waals surface area contributed by atoms with Gasteiger partial charge in [0.2, 0.25) is 0 Å². The molecule has 0 amide bonds. The Kier molecular flexibility index (Phi) is 8.91. The van der Waals surface area contributed by atoms with E-state index < -0.39 is 5.60 Å². The molecule has 0 spiro atoms. The molecule has 0 bridgehead atoms. The third-order valence-electron chi connectivity index (χ3n) is 4.62. The minimum atomic E-state index is -1.09. The molecule has 162 valence electrons. The van der Waals surface area contributed by atoms with Crippen molar-refractivity contribution in [3.05, 3.63) is 60.4 Å². The highest BCUT2D eigenvalue weighted by molar-refractivity contribution is 14.0. The highest BCUT2D eigenvalue weighted by atomic mass is 127. The normalized spacial score (nSPS) is 13.4. The largest absolute Gasteiger partial charge is 0.491 e. The van der Waals surface area contributed by atoms with E-state index in [0.717, 1.165) is 28.6 Å². The lowest BCUT2D eigenvalue weighted by Gasteiger charge is -2.20. The molecule has 1 aromatic heterocycles. The summed E-state index contributed by atoms with van der Waals surface area (Å²) in [4.78, 5) is 4.52. The lowest BCUT2D eigenvalue weighted by atomic mass is 10.0. The zero-order valence-electron chi connectivity index (χ0n) is 17.6. The Hall–Kier alpha value is -2.33. The van der Waals surface area contributed by atoms with Crippen LogP contribution in [0.3, 0.4) is 0 Å². The molecule has 2 aromatic carbocycles. The molecule has 0 saturated carbocycles. The van der Waals surface area contributed by atoms with Gasteiger partial charge in [-0.3, -0.25) is 4.68 Å². The molecule has 3 aromatic rings. The molecule has 1 unspecified atom stereocenters. The van der Waals surface area contributed by atoms with Gasteiger partial charge in [-0.25, -0.2) is 4.99 Å². The fourth-order valence-corrected chi connectivity index (χ4v) is 3.02. The van der Waals surface area contributed by atoms with Crippen LogP contribution in [0.2, 0.25) is 0 Å². The van der Waals surface area contributed by atoms with E-state index in [1.807, 2.05) is 38.2 Å². The Morgan fingerprint density at radius 3 is 2.70 bits per heavy atom. The number of aliphatic imine (C=N–C) groups is 1. The highest BCUT2D eigenvalue weighted by Gasteiger charge is 2.24. The standard InChI is InChI=1S/C22H29N5O2.HI/c1-4-23-21(25-16-22(2,28)18-14-26-27(3)15-18)24-12-13-29-20-11-7-9-17-8-5-6-10-19(17)20;/h5-11,14-15,28H,4,12-13,16H2,1-3H3,(H2,23,24,25);1H. The molecule has 3 N–H and O–H groups in total. The van der Waals surface area contributed by atoms with Crippen molar-refractivity contribution in [2.24, 2.45) is 12.0 Å². The number of hydrogen-bond donors (Lipinski definition) is 3. The van der Waals surface area contributed by atoms with Gasteiger partial charge in [-0.05, 0) is 25.3 Å². The summed E-state index contributed by atoms with van der Waals surface area (Å²) in [5.41, 5.74) is -0.352. The first-order valence-corrected chi connectivity index (χ1v) is 9.84. The number of fused-ring (bicyclic) bond motifs is 1. The minimum absolute atomic E-state index is 0. The predicted octanol–water partition coefficient (Wildman–Crippen LogP) is 3.03. The van der Waals surface area contributed by atoms with Gasteiger partial charge < -0.3 is 20.5 Å². The number of hydrogen-bond acceptors (Lipinski definition) is 4. The van der Waals surface area contributed by atoms with Crippen LogP contribution in [0.4, 0.5) is 0 Å². The maximum atomic E-state index is 10.7. The predicted molar refractivity (Wildman–Crippen MR) is 132 cm³/mol. The van der Waals surface area contributed by atoms with E-state index in [0.29, 0.717) is 19.1 Å². The zero-order valence-corrected chi connectivity index (χ0v) is 20.0. The number of halogens is 1. The first-order valence-electron chi connectivity index (χ1n) is 9.84. The Morgan fingerprint density at radius 2 is 1.97 bits per heavy atom. The number of guanidine groups is 1. The third kappa shape index (κ3) is 6.33. The average molecular weight is 523 g/mol. The number of nitrogens with zero attached hydrogens (tertiary/aromatic N) is 3. The number of aryl methyl sites for hydroxylation is 1. The van der Waals surface area contributed by atoms with Gasteiger partial charge in [-0.1, -0.05) is 36.4 Å². The summed E-state index contributed by atoms with van der Waals surface area (Å²) in [5.74, 6) is 1.50. The second kappa shape index (κ2) is 11.2. The second-order valence-corrected chi connectivity index (χ2v) is 7.12. The summed E-state index contributed by atoms with van der Waals surface area (Å²) in [6.45, 7) is 5.77. The topological polar surface area (TPSA) is 83.7 Å². The lowest BCUT2D eigenvalue weighted by Crippen LogP contribution is -2.40. The first-order chi connectivity index (χ1) is 14.0. The Morgan fingerprint density at radius 1 is 1.20 bits per heavy atom. The number of benzene rings is 2. The summed E-state index contributed by atoms with van der Waals surface area (Å²) in [6, 6.07) is 14.2. The van der Waals surface area contributed by atoms with E-state index in [1.165, 1.54) is 0 Å². The van der Waals surface area contributed by atoms with Gasteiger partial charge in [-0.2, -0.15) is 5.10 Å². The van der Waals surface area contributed by atoms with Crippen molar-refractivity contribution in [1.29, 1.82) is 0 Å². The van der Waals surface area contributed by atoms with Crippen LogP contribution in [0, 0.1) is 0 Å². The molecule has 0 aliphatic rings. The van der Waals surface area contributed by atoms with Gasteiger partial charge in [0.1, 0.15) is 18.0 Å². The Balaban J connectivity index is 0.00000320. The van der Waals surface area contributed by atoms with E-state index >= 15 is 0 Å². The molecule has 0 aliphatic carbocycles. The Bertz CT molecular complexity index is 966. The van der Waals surface area contributed by atoms with E-state index in [1.54, 1.807) is 24.0 Å². The van der Waals surface area contributed by atoms with Crippen LogP contribution in [0.15, 0.2) is 59.9 Å². The molecule has 0 radical (unpaired) electrons. The monoisotopic (exact) mass is 523 g/mol. The molecular weight excluding hydrogens is 493 g/mol. The van der Waals surface area contributed by atoms with Crippen molar-refractivity contribution < 1.29 is 9.84 Å². The van der Waals surface area contributed by atoms with Crippen LogP contribution in [-0.2, 0) is 12.6 Å². The van der Waals surface area contributed by atoms with Crippen LogP contribution in [0.25, 0.3) is 10.8 Å². The summed E-state index contributed by atoms with van der Waals surface area (Å²) in [7, 11) is 1.82. The van der Waals surface area contributed by atoms with E-state index in [-0.39, 0.29) is 30.5 Å². The van der Waals surface area contributed by atoms with Crippen molar-refractivity contribution in [2.75, 3.05) is 26.2 Å². The highest BCUT2D eigenvalue weighted by Crippen LogP contribution is 2.25. The van der Waals surface area contributed by atoms with E-state index in [9.17, 15) is 5.11 Å². The molecule has 1 atom stereocenters. The van der Waals surface area contributed by atoms with E-state index in [2.05, 4.69) is 38.9 Å². The maximum Gasteiger partial charge on any atom is 0.191 e. The van der Waals surface area contributed by atoms with Crippen LogP contribution < -0.4 is 15.4 Å². The first kappa shape index (κ1) is 23.9. The molecule has 30 heavy (non-hydrogen) atoms. The van der Waals surface area contributed by atoms with Crippen LogP contribution >= 0.6 is 24.0 Å². The van der Waals surface area contributed by atoms with E-state index in [4.69, 9.17) is 4.74 Å². The lowest BCUT2D eigenvalue weighted by molar-refractivity contribution is 0.0672. The van der Waals surface area contributed by atoms with Crippen molar-refractivity contribution in [2.45, 2.75) is 19.4 Å². The van der Waals surface area contributed by atoms with Gasteiger partial charge in [-0.15, -0.1) is 24.0 Å².